The van der Waals surface area contributed by atoms with Gasteiger partial charge in [-0.15, -0.1) is 0 Å². The minimum absolute atomic E-state index is 0.0869. The van der Waals surface area contributed by atoms with Crippen molar-refractivity contribution in [2.75, 3.05) is 39.8 Å². The molecule has 8 heteroatoms. The topological polar surface area (TPSA) is 91.0 Å². The van der Waals surface area contributed by atoms with Crippen LogP contribution in [0.15, 0.2) is 0 Å². The Morgan fingerprint density at radius 2 is 2.09 bits per heavy atom. The van der Waals surface area contributed by atoms with Gasteiger partial charge in [0.25, 0.3) is 5.91 Å². The molecule has 0 radical (unpaired) electrons. The van der Waals surface area contributed by atoms with E-state index in [0.29, 0.717) is 32.8 Å². The van der Waals surface area contributed by atoms with Gasteiger partial charge in [-0.2, -0.15) is 0 Å². The van der Waals surface area contributed by atoms with Crippen LogP contribution >= 0.6 is 0 Å². The number of rotatable bonds is 4. The number of hydrogen-bond acceptors (Lipinski definition) is 5. The molecular formula is C15H24N4O4. The Labute approximate surface area is 135 Å². The van der Waals surface area contributed by atoms with Crippen LogP contribution in [-0.2, 0) is 14.3 Å². The van der Waals surface area contributed by atoms with Crippen LogP contribution in [0.3, 0.4) is 0 Å². The standard InChI is InChI=1S/C15H24N4O4/c1-16-12(20)11-10-18(8-9-23-11)6-7-19-13(21)15(17-14(19)22)4-2-3-5-15/h11H,2-10H2,1H3,(H,16,20)(H,17,22). The van der Waals surface area contributed by atoms with Crippen LogP contribution in [0.4, 0.5) is 4.79 Å². The summed E-state index contributed by atoms with van der Waals surface area (Å²) >= 11 is 0. The molecular weight excluding hydrogens is 300 g/mol. The normalized spacial score (nSPS) is 27.5. The van der Waals surface area contributed by atoms with Gasteiger partial charge in [-0.1, -0.05) is 12.8 Å². The maximum atomic E-state index is 12.6. The van der Waals surface area contributed by atoms with Crippen LogP contribution in [-0.4, -0.2) is 79.1 Å². The smallest absolute Gasteiger partial charge is 0.325 e. The molecule has 0 aromatic carbocycles. The number of carbonyl (C=O) groups excluding carboxylic acids is 3. The summed E-state index contributed by atoms with van der Waals surface area (Å²) < 4.78 is 5.44. The zero-order chi connectivity index (χ0) is 16.4. The highest BCUT2D eigenvalue weighted by Crippen LogP contribution is 2.34. The highest BCUT2D eigenvalue weighted by molar-refractivity contribution is 6.07. The molecule has 2 heterocycles. The van der Waals surface area contributed by atoms with Crippen molar-refractivity contribution >= 4 is 17.8 Å². The fourth-order valence-corrected chi connectivity index (χ4v) is 3.66. The van der Waals surface area contributed by atoms with Gasteiger partial charge in [0.15, 0.2) is 0 Å². The van der Waals surface area contributed by atoms with Gasteiger partial charge in [-0.05, 0) is 12.8 Å². The van der Waals surface area contributed by atoms with Gasteiger partial charge in [-0.25, -0.2) is 4.79 Å². The van der Waals surface area contributed by atoms with Crippen molar-refractivity contribution in [2.24, 2.45) is 0 Å². The molecule has 1 saturated carbocycles. The van der Waals surface area contributed by atoms with Crippen LogP contribution in [0.25, 0.3) is 0 Å². The van der Waals surface area contributed by atoms with E-state index in [1.54, 1.807) is 7.05 Å². The largest absolute Gasteiger partial charge is 0.366 e. The van der Waals surface area contributed by atoms with Gasteiger partial charge in [0.1, 0.15) is 11.6 Å². The Morgan fingerprint density at radius 1 is 1.35 bits per heavy atom. The van der Waals surface area contributed by atoms with Gasteiger partial charge in [0.05, 0.1) is 6.61 Å². The number of imide groups is 1. The maximum Gasteiger partial charge on any atom is 0.325 e. The molecule has 23 heavy (non-hydrogen) atoms. The second-order valence-electron chi connectivity index (χ2n) is 6.45. The lowest BCUT2D eigenvalue weighted by atomic mass is 9.98. The average Bonchev–Trinajstić information content (AvgIpc) is 3.12. The average molecular weight is 324 g/mol. The summed E-state index contributed by atoms with van der Waals surface area (Å²) in [5.41, 5.74) is -0.646. The second kappa shape index (κ2) is 6.45. The Hall–Kier alpha value is -1.67. The lowest BCUT2D eigenvalue weighted by Gasteiger charge is -2.32. The van der Waals surface area contributed by atoms with Crippen molar-refractivity contribution in [3.8, 4) is 0 Å². The van der Waals surface area contributed by atoms with Crippen LogP contribution < -0.4 is 10.6 Å². The number of likely N-dealkylation sites (N-methyl/N-ethyl adjacent to an activating group) is 1. The Balaban J connectivity index is 1.55. The summed E-state index contributed by atoms with van der Waals surface area (Å²) in [4.78, 5) is 39.7. The molecule has 4 amide bonds. The molecule has 0 aromatic rings. The van der Waals surface area contributed by atoms with E-state index in [0.717, 1.165) is 25.7 Å². The lowest BCUT2D eigenvalue weighted by molar-refractivity contribution is -0.138. The number of nitrogens with one attached hydrogen (secondary N) is 2. The number of urea groups is 1. The van der Waals surface area contributed by atoms with E-state index in [2.05, 4.69) is 15.5 Å². The molecule has 8 nitrogen and oxygen atoms in total. The number of morpholine rings is 1. The Morgan fingerprint density at radius 3 is 2.78 bits per heavy atom. The highest BCUT2D eigenvalue weighted by Gasteiger charge is 2.52. The number of amides is 4. The van der Waals surface area contributed by atoms with Gasteiger partial charge in [-0.3, -0.25) is 19.4 Å². The summed E-state index contributed by atoms with van der Waals surface area (Å²) in [6.45, 7) is 2.57. The van der Waals surface area contributed by atoms with Gasteiger partial charge < -0.3 is 15.4 Å². The van der Waals surface area contributed by atoms with Crippen molar-refractivity contribution in [3.63, 3.8) is 0 Å². The first-order valence-corrected chi connectivity index (χ1v) is 8.25. The summed E-state index contributed by atoms with van der Waals surface area (Å²) in [7, 11) is 1.58. The van der Waals surface area contributed by atoms with Crippen molar-refractivity contribution in [1.82, 2.24) is 20.4 Å². The molecule has 3 aliphatic rings. The molecule has 1 spiro atoms. The number of ether oxygens (including phenoxy) is 1. The van der Waals surface area contributed by atoms with E-state index in [-0.39, 0.29) is 17.8 Å². The summed E-state index contributed by atoms with van der Waals surface area (Å²) in [6, 6.07) is -0.284. The lowest BCUT2D eigenvalue weighted by Crippen LogP contribution is -2.51. The molecule has 1 unspecified atom stereocenters. The molecule has 0 aromatic heterocycles. The summed E-state index contributed by atoms with van der Waals surface area (Å²) in [5, 5.41) is 5.46. The number of hydrogen-bond donors (Lipinski definition) is 2. The van der Waals surface area contributed by atoms with Crippen molar-refractivity contribution in [3.05, 3.63) is 0 Å². The molecule has 2 N–H and O–H groups in total. The monoisotopic (exact) mass is 324 g/mol. The minimum Gasteiger partial charge on any atom is -0.366 e. The minimum atomic E-state index is -0.646. The van der Waals surface area contributed by atoms with Crippen LogP contribution in [0.1, 0.15) is 25.7 Å². The van der Waals surface area contributed by atoms with Crippen LogP contribution in [0.2, 0.25) is 0 Å². The number of carbonyl (C=O) groups is 3. The molecule has 1 atom stereocenters. The molecule has 3 rings (SSSR count). The van der Waals surface area contributed by atoms with E-state index in [1.807, 2.05) is 0 Å². The maximum absolute atomic E-state index is 12.6. The SMILES string of the molecule is CNC(=O)C1CN(CCN2C(=O)NC3(CCCC3)C2=O)CCO1. The van der Waals surface area contributed by atoms with Crippen LogP contribution in [0.5, 0.6) is 0 Å². The van der Waals surface area contributed by atoms with Crippen LogP contribution in [0, 0.1) is 0 Å². The van der Waals surface area contributed by atoms with E-state index in [4.69, 9.17) is 4.74 Å². The third-order valence-corrected chi connectivity index (χ3v) is 5.03. The Kier molecular flexibility index (Phi) is 4.54. The highest BCUT2D eigenvalue weighted by atomic mass is 16.5. The van der Waals surface area contributed by atoms with Gasteiger partial charge in [0, 0.05) is 33.2 Å². The van der Waals surface area contributed by atoms with E-state index in [1.165, 1.54) is 4.90 Å². The zero-order valence-corrected chi connectivity index (χ0v) is 13.5. The number of nitrogens with zero attached hydrogens (tertiary/aromatic N) is 2. The summed E-state index contributed by atoms with van der Waals surface area (Å²) in [6.07, 6.45) is 2.96. The summed E-state index contributed by atoms with van der Waals surface area (Å²) in [5.74, 6) is -0.231. The fraction of sp³-hybridized carbons (Fsp3) is 0.800. The van der Waals surface area contributed by atoms with E-state index in [9.17, 15) is 14.4 Å². The first kappa shape index (κ1) is 16.2. The molecule has 2 aliphatic heterocycles. The van der Waals surface area contributed by atoms with E-state index >= 15 is 0 Å². The van der Waals surface area contributed by atoms with Gasteiger partial charge >= 0.3 is 6.03 Å². The molecule has 3 fully saturated rings. The predicted octanol–water partition coefficient (Wildman–Crippen LogP) is -0.702. The fourth-order valence-electron chi connectivity index (χ4n) is 3.66. The molecule has 1 aliphatic carbocycles. The Bertz CT molecular complexity index is 504. The second-order valence-corrected chi connectivity index (χ2v) is 6.45. The third-order valence-electron chi connectivity index (χ3n) is 5.03. The zero-order valence-electron chi connectivity index (χ0n) is 13.5. The predicted molar refractivity (Wildman–Crippen MR) is 81.7 cm³/mol. The molecule has 128 valence electrons. The molecule has 0 bridgehead atoms. The van der Waals surface area contributed by atoms with Gasteiger partial charge in [0.2, 0.25) is 5.91 Å². The first-order valence-electron chi connectivity index (χ1n) is 8.25. The van der Waals surface area contributed by atoms with Crippen molar-refractivity contribution < 1.29 is 19.1 Å². The third kappa shape index (κ3) is 3.05. The quantitative estimate of drug-likeness (QED) is 0.667. The molecule has 2 saturated heterocycles. The van der Waals surface area contributed by atoms with Crippen molar-refractivity contribution in [1.29, 1.82) is 0 Å². The van der Waals surface area contributed by atoms with E-state index < -0.39 is 11.6 Å². The van der Waals surface area contributed by atoms with Crippen molar-refractivity contribution in [2.45, 2.75) is 37.3 Å². The first-order chi connectivity index (χ1) is 11.1.